The lowest BCUT2D eigenvalue weighted by molar-refractivity contribution is -0.140. The zero-order chi connectivity index (χ0) is 17.2. The van der Waals surface area contributed by atoms with E-state index in [1.165, 1.54) is 17.7 Å². The van der Waals surface area contributed by atoms with Gasteiger partial charge in [0.05, 0.1) is 12.6 Å². The number of carbonyl (C=O) groups is 2. The van der Waals surface area contributed by atoms with Crippen LogP contribution in [0, 0.1) is 0 Å². The molecule has 1 aromatic carbocycles. The first kappa shape index (κ1) is 16.8. The summed E-state index contributed by atoms with van der Waals surface area (Å²) in [6.07, 6.45) is 5.53. The van der Waals surface area contributed by atoms with E-state index in [1.54, 1.807) is 18.2 Å². The molecule has 2 aliphatic rings. The third-order valence-corrected chi connectivity index (χ3v) is 4.90. The fourth-order valence-corrected chi connectivity index (χ4v) is 3.49. The molecule has 130 valence electrons. The number of primary amides is 1. The molecule has 1 aliphatic carbocycles. The van der Waals surface area contributed by atoms with Gasteiger partial charge in [0, 0.05) is 12.1 Å². The Bertz CT molecular complexity index is 627. The van der Waals surface area contributed by atoms with Gasteiger partial charge in [-0.05, 0) is 56.7 Å². The molecule has 3 N–H and O–H groups in total. The first-order chi connectivity index (χ1) is 11.5. The molecule has 1 aromatic rings. The van der Waals surface area contributed by atoms with E-state index in [-0.39, 0.29) is 25.0 Å². The highest BCUT2D eigenvalue weighted by Gasteiger charge is 2.40. The zero-order valence-corrected chi connectivity index (χ0v) is 13.7. The van der Waals surface area contributed by atoms with E-state index in [9.17, 15) is 14.7 Å². The largest absolute Gasteiger partial charge is 0.490 e. The van der Waals surface area contributed by atoms with E-state index in [2.05, 4.69) is 0 Å². The maximum atomic E-state index is 12.7. The van der Waals surface area contributed by atoms with Gasteiger partial charge < -0.3 is 20.5 Å². The van der Waals surface area contributed by atoms with Crippen LogP contribution in [0.15, 0.2) is 24.3 Å². The molecular formula is C18H24N2O4. The molecule has 0 bridgehead atoms. The molecule has 1 aliphatic heterocycles. The molecule has 3 rings (SSSR count). The lowest BCUT2D eigenvalue weighted by atomic mass is 9.92. The van der Waals surface area contributed by atoms with Gasteiger partial charge in [0.2, 0.25) is 0 Å². The average molecular weight is 332 g/mol. The molecule has 1 atom stereocenters. The monoisotopic (exact) mass is 332 g/mol. The van der Waals surface area contributed by atoms with Gasteiger partial charge in [-0.1, -0.05) is 6.07 Å². The Morgan fingerprint density at radius 1 is 1.25 bits per heavy atom. The van der Waals surface area contributed by atoms with Gasteiger partial charge in [-0.3, -0.25) is 9.59 Å². The van der Waals surface area contributed by atoms with E-state index in [0.717, 1.165) is 12.8 Å². The third-order valence-electron chi connectivity index (χ3n) is 4.90. The fraction of sp³-hybridized carbons (Fsp3) is 0.556. The second-order valence-corrected chi connectivity index (χ2v) is 6.78. The van der Waals surface area contributed by atoms with Crippen LogP contribution in [0.4, 0.5) is 0 Å². The number of aliphatic hydroxyl groups is 1. The Labute approximate surface area is 141 Å². The summed E-state index contributed by atoms with van der Waals surface area (Å²) in [6, 6.07) is 7.10. The number of piperidine rings is 1. The van der Waals surface area contributed by atoms with Crippen LogP contribution >= 0.6 is 0 Å². The zero-order valence-electron chi connectivity index (χ0n) is 13.7. The summed E-state index contributed by atoms with van der Waals surface area (Å²) in [5.74, 6) is -0.306. The molecule has 0 spiro atoms. The Morgan fingerprint density at radius 2 is 2.00 bits per heavy atom. The molecule has 2 amide bonds. The summed E-state index contributed by atoms with van der Waals surface area (Å²) in [5, 5.41) is 10.3. The molecule has 0 radical (unpaired) electrons. The van der Waals surface area contributed by atoms with Crippen molar-refractivity contribution >= 4 is 11.8 Å². The Hall–Kier alpha value is -2.08. The van der Waals surface area contributed by atoms with Crippen molar-refractivity contribution in [3.8, 4) is 5.75 Å². The van der Waals surface area contributed by atoms with Gasteiger partial charge in [-0.2, -0.15) is 0 Å². The highest BCUT2D eigenvalue weighted by Crippen LogP contribution is 2.26. The molecule has 0 aromatic heterocycles. The normalized spacial score (nSPS) is 24.8. The number of nitrogens with two attached hydrogens (primary N) is 1. The van der Waals surface area contributed by atoms with Crippen molar-refractivity contribution in [2.75, 3.05) is 13.1 Å². The van der Waals surface area contributed by atoms with Crippen molar-refractivity contribution in [3.05, 3.63) is 29.8 Å². The summed E-state index contributed by atoms with van der Waals surface area (Å²) in [7, 11) is 0. The third kappa shape index (κ3) is 3.53. The van der Waals surface area contributed by atoms with Crippen LogP contribution in [0.25, 0.3) is 0 Å². The minimum Gasteiger partial charge on any atom is -0.490 e. The summed E-state index contributed by atoms with van der Waals surface area (Å²) in [6.45, 7) is 0.441. The number of amides is 2. The van der Waals surface area contributed by atoms with E-state index in [1.807, 2.05) is 6.07 Å². The van der Waals surface area contributed by atoms with Crippen molar-refractivity contribution in [1.29, 1.82) is 0 Å². The van der Waals surface area contributed by atoms with Crippen molar-refractivity contribution in [2.24, 2.45) is 5.73 Å². The number of β-amino-alcohol motifs (C(OH)–C–C–N with tert-alkyl or cyclic N) is 1. The number of hydrogen-bond donors (Lipinski definition) is 2. The van der Waals surface area contributed by atoms with Crippen LogP contribution in [-0.2, 0) is 4.79 Å². The van der Waals surface area contributed by atoms with Gasteiger partial charge in [0.15, 0.2) is 5.60 Å². The molecule has 6 nitrogen and oxygen atoms in total. The van der Waals surface area contributed by atoms with Crippen LogP contribution in [-0.4, -0.2) is 46.6 Å². The number of ether oxygens (including phenoxy) is 1. The van der Waals surface area contributed by atoms with E-state index in [4.69, 9.17) is 10.5 Å². The predicted molar refractivity (Wildman–Crippen MR) is 88.6 cm³/mol. The van der Waals surface area contributed by atoms with E-state index < -0.39 is 11.5 Å². The van der Waals surface area contributed by atoms with Crippen molar-refractivity contribution in [2.45, 2.75) is 50.2 Å². The molecular weight excluding hydrogens is 308 g/mol. The lowest BCUT2D eigenvalue weighted by Crippen LogP contribution is -2.57. The van der Waals surface area contributed by atoms with Crippen molar-refractivity contribution in [3.63, 3.8) is 0 Å². The summed E-state index contributed by atoms with van der Waals surface area (Å²) in [5.41, 5.74) is 4.14. The van der Waals surface area contributed by atoms with Gasteiger partial charge in [0.1, 0.15) is 5.75 Å². The summed E-state index contributed by atoms with van der Waals surface area (Å²) >= 11 is 0. The number of hydrogen-bond acceptors (Lipinski definition) is 4. The SMILES string of the molecule is NC(=O)[C@@]1(O)CCCN(C(=O)c2cccc(OC3CCCC3)c2)C1. The highest BCUT2D eigenvalue weighted by atomic mass is 16.5. The maximum Gasteiger partial charge on any atom is 0.254 e. The second-order valence-electron chi connectivity index (χ2n) is 6.78. The van der Waals surface area contributed by atoms with Crippen LogP contribution in [0.5, 0.6) is 5.75 Å². The number of nitrogens with zero attached hydrogens (tertiary/aromatic N) is 1. The highest BCUT2D eigenvalue weighted by molar-refractivity contribution is 5.95. The average Bonchev–Trinajstić information content (AvgIpc) is 3.07. The minimum absolute atomic E-state index is 0.0606. The van der Waals surface area contributed by atoms with Gasteiger partial charge >= 0.3 is 0 Å². The first-order valence-electron chi connectivity index (χ1n) is 8.56. The van der Waals surface area contributed by atoms with Gasteiger partial charge in [-0.15, -0.1) is 0 Å². The van der Waals surface area contributed by atoms with E-state index >= 15 is 0 Å². The standard InChI is InChI=1S/C18H24N2O4/c19-17(22)18(23)9-4-10-20(12-18)16(21)13-5-3-8-15(11-13)24-14-6-1-2-7-14/h3,5,8,11,14,23H,1-2,4,6-7,9-10,12H2,(H2,19,22)/t18-/m1/s1. The number of likely N-dealkylation sites (tertiary alicyclic amines) is 1. The molecule has 6 heteroatoms. The predicted octanol–water partition coefficient (Wildman–Crippen LogP) is 1.46. The Morgan fingerprint density at radius 3 is 2.71 bits per heavy atom. The van der Waals surface area contributed by atoms with Crippen LogP contribution in [0.3, 0.4) is 0 Å². The topological polar surface area (TPSA) is 92.9 Å². The molecule has 1 saturated carbocycles. The Kier molecular flexibility index (Phi) is 4.76. The Balaban J connectivity index is 1.71. The summed E-state index contributed by atoms with van der Waals surface area (Å²) in [4.78, 5) is 25.6. The number of rotatable bonds is 4. The molecule has 1 saturated heterocycles. The second kappa shape index (κ2) is 6.81. The number of benzene rings is 1. The smallest absolute Gasteiger partial charge is 0.254 e. The fourth-order valence-electron chi connectivity index (χ4n) is 3.49. The van der Waals surface area contributed by atoms with Gasteiger partial charge in [0.25, 0.3) is 11.8 Å². The minimum atomic E-state index is -1.63. The van der Waals surface area contributed by atoms with E-state index in [0.29, 0.717) is 24.3 Å². The van der Waals surface area contributed by atoms with Crippen LogP contribution in [0.1, 0.15) is 48.9 Å². The summed E-state index contributed by atoms with van der Waals surface area (Å²) < 4.78 is 5.94. The van der Waals surface area contributed by atoms with Crippen molar-refractivity contribution in [1.82, 2.24) is 4.90 Å². The molecule has 24 heavy (non-hydrogen) atoms. The number of carbonyl (C=O) groups excluding carboxylic acids is 2. The first-order valence-corrected chi connectivity index (χ1v) is 8.56. The maximum absolute atomic E-state index is 12.7. The quantitative estimate of drug-likeness (QED) is 0.873. The van der Waals surface area contributed by atoms with Crippen molar-refractivity contribution < 1.29 is 19.4 Å². The van der Waals surface area contributed by atoms with Gasteiger partial charge in [-0.25, -0.2) is 0 Å². The molecule has 2 fully saturated rings. The van der Waals surface area contributed by atoms with Crippen LogP contribution in [0.2, 0.25) is 0 Å². The molecule has 1 heterocycles. The molecule has 0 unspecified atom stereocenters. The lowest BCUT2D eigenvalue weighted by Gasteiger charge is -2.37. The van der Waals surface area contributed by atoms with Crippen LogP contribution < -0.4 is 10.5 Å².